The average Bonchev–Trinajstić information content (AvgIpc) is 2.90. The van der Waals surface area contributed by atoms with Crippen LogP contribution in [0, 0.1) is 5.41 Å². The van der Waals surface area contributed by atoms with Crippen molar-refractivity contribution in [1.29, 1.82) is 5.41 Å². The van der Waals surface area contributed by atoms with Crippen LogP contribution in [0.1, 0.15) is 10.4 Å². The van der Waals surface area contributed by atoms with Gasteiger partial charge in [0.25, 0.3) is 5.91 Å². The molecule has 0 unspecified atom stereocenters. The number of carbonyl (C=O) groups excluding carboxylic acids is 1. The van der Waals surface area contributed by atoms with Gasteiger partial charge >= 0.3 is 0 Å². The van der Waals surface area contributed by atoms with Crippen LogP contribution in [0.5, 0.6) is 0 Å². The molecule has 0 saturated carbocycles. The molecule has 19 heavy (non-hydrogen) atoms. The number of nitrogens with zero attached hydrogens (tertiary/aromatic N) is 1. The minimum Gasteiger partial charge on any atom is -0.338 e. The molecule has 0 fully saturated rings. The molecule has 1 aromatic carbocycles. The van der Waals surface area contributed by atoms with E-state index in [4.69, 9.17) is 5.41 Å². The second-order valence-corrected chi connectivity index (χ2v) is 3.73. The second kappa shape index (κ2) is 7.23. The SMILES string of the molecule is Cl.N=C(NCn1cccc1)NC(=O)c1ccccc1. The second-order valence-electron chi connectivity index (χ2n) is 3.73. The molecule has 3 N–H and O–H groups in total. The third-order valence-electron chi connectivity index (χ3n) is 2.38. The van der Waals surface area contributed by atoms with Gasteiger partial charge in [-0.25, -0.2) is 0 Å². The van der Waals surface area contributed by atoms with Crippen LogP contribution in [0.3, 0.4) is 0 Å². The predicted octanol–water partition coefficient (Wildman–Crippen LogP) is 1.82. The van der Waals surface area contributed by atoms with E-state index in [1.54, 1.807) is 24.3 Å². The van der Waals surface area contributed by atoms with E-state index in [1.165, 1.54) is 0 Å². The summed E-state index contributed by atoms with van der Waals surface area (Å²) in [7, 11) is 0. The topological polar surface area (TPSA) is 69.9 Å². The van der Waals surface area contributed by atoms with E-state index < -0.39 is 0 Å². The Morgan fingerprint density at radius 3 is 2.37 bits per heavy atom. The Morgan fingerprint density at radius 1 is 1.11 bits per heavy atom. The summed E-state index contributed by atoms with van der Waals surface area (Å²) < 4.78 is 1.86. The molecule has 0 spiro atoms. The number of benzene rings is 1. The Kier molecular flexibility index (Phi) is 5.63. The summed E-state index contributed by atoms with van der Waals surface area (Å²) in [4.78, 5) is 11.7. The van der Waals surface area contributed by atoms with Gasteiger partial charge in [0.1, 0.15) is 0 Å². The largest absolute Gasteiger partial charge is 0.338 e. The van der Waals surface area contributed by atoms with Gasteiger partial charge in [-0.15, -0.1) is 12.4 Å². The minimum atomic E-state index is -0.291. The van der Waals surface area contributed by atoms with Gasteiger partial charge in [0.05, 0.1) is 6.67 Å². The Hall–Kier alpha value is -2.27. The van der Waals surface area contributed by atoms with Crippen LogP contribution in [-0.4, -0.2) is 16.4 Å². The van der Waals surface area contributed by atoms with Crippen LogP contribution in [-0.2, 0) is 6.67 Å². The number of halogens is 1. The van der Waals surface area contributed by atoms with E-state index in [1.807, 2.05) is 35.2 Å². The molecule has 0 radical (unpaired) electrons. The monoisotopic (exact) mass is 278 g/mol. The molecule has 1 aromatic heterocycles. The molecule has 0 aliphatic carbocycles. The fraction of sp³-hybridized carbons (Fsp3) is 0.0769. The third kappa shape index (κ3) is 4.48. The Bertz CT molecular complexity index is 525. The summed E-state index contributed by atoms with van der Waals surface area (Å²) in [5, 5.41) is 12.9. The Morgan fingerprint density at radius 2 is 1.74 bits per heavy atom. The van der Waals surface area contributed by atoms with E-state index in [0.29, 0.717) is 12.2 Å². The zero-order valence-electron chi connectivity index (χ0n) is 10.2. The summed E-state index contributed by atoms with van der Waals surface area (Å²) >= 11 is 0. The van der Waals surface area contributed by atoms with Crippen LogP contribution in [0.15, 0.2) is 54.9 Å². The highest BCUT2D eigenvalue weighted by Crippen LogP contribution is 1.97. The van der Waals surface area contributed by atoms with Crippen molar-refractivity contribution >= 4 is 24.3 Å². The third-order valence-corrected chi connectivity index (χ3v) is 2.38. The van der Waals surface area contributed by atoms with Crippen molar-refractivity contribution in [2.45, 2.75) is 6.67 Å². The van der Waals surface area contributed by atoms with Crippen molar-refractivity contribution in [3.63, 3.8) is 0 Å². The minimum absolute atomic E-state index is 0. The maximum atomic E-state index is 11.7. The first-order valence-electron chi connectivity index (χ1n) is 5.55. The van der Waals surface area contributed by atoms with Crippen LogP contribution in [0.2, 0.25) is 0 Å². The summed E-state index contributed by atoms with van der Waals surface area (Å²) in [5.74, 6) is -0.307. The highest BCUT2D eigenvalue weighted by Gasteiger charge is 2.06. The molecule has 0 bridgehead atoms. The fourth-order valence-electron chi connectivity index (χ4n) is 1.47. The molecule has 1 heterocycles. The van der Waals surface area contributed by atoms with E-state index in [-0.39, 0.29) is 24.3 Å². The van der Waals surface area contributed by atoms with Gasteiger partial charge in [-0.1, -0.05) is 18.2 Å². The lowest BCUT2D eigenvalue weighted by Gasteiger charge is -2.10. The highest BCUT2D eigenvalue weighted by atomic mass is 35.5. The average molecular weight is 279 g/mol. The number of hydrogen-bond acceptors (Lipinski definition) is 2. The van der Waals surface area contributed by atoms with Crippen LogP contribution in [0.4, 0.5) is 0 Å². The maximum absolute atomic E-state index is 11.7. The first-order valence-corrected chi connectivity index (χ1v) is 5.55. The van der Waals surface area contributed by atoms with Crippen molar-refractivity contribution < 1.29 is 4.79 Å². The first kappa shape index (κ1) is 14.8. The normalized spacial score (nSPS) is 9.26. The van der Waals surface area contributed by atoms with Crippen LogP contribution < -0.4 is 10.6 Å². The van der Waals surface area contributed by atoms with Gasteiger partial charge in [-0.05, 0) is 24.3 Å². The van der Waals surface area contributed by atoms with E-state index in [9.17, 15) is 4.79 Å². The van der Waals surface area contributed by atoms with E-state index in [2.05, 4.69) is 10.6 Å². The van der Waals surface area contributed by atoms with Gasteiger partial charge in [-0.3, -0.25) is 15.5 Å². The molecule has 0 saturated heterocycles. The molecule has 6 heteroatoms. The summed E-state index contributed by atoms with van der Waals surface area (Å²) in [6, 6.07) is 12.6. The summed E-state index contributed by atoms with van der Waals surface area (Å²) in [5.41, 5.74) is 0.532. The molecule has 0 aliphatic heterocycles. The lowest BCUT2D eigenvalue weighted by atomic mass is 10.2. The lowest BCUT2D eigenvalue weighted by molar-refractivity contribution is 0.0975. The molecule has 0 atom stereocenters. The number of aromatic nitrogens is 1. The molecule has 100 valence electrons. The number of amides is 1. The Balaban J connectivity index is 0.00000180. The van der Waals surface area contributed by atoms with Crippen LogP contribution in [0.25, 0.3) is 0 Å². The number of guanidine groups is 1. The van der Waals surface area contributed by atoms with Gasteiger partial charge in [0.2, 0.25) is 0 Å². The maximum Gasteiger partial charge on any atom is 0.257 e. The van der Waals surface area contributed by atoms with Crippen molar-refractivity contribution in [3.05, 3.63) is 60.4 Å². The Labute approximate surface area is 117 Å². The summed E-state index contributed by atoms with van der Waals surface area (Å²) in [6.07, 6.45) is 3.75. The first-order chi connectivity index (χ1) is 8.75. The standard InChI is InChI=1S/C13H14N4O.ClH/c14-13(15-10-17-8-4-5-9-17)16-12(18)11-6-2-1-3-7-11;/h1-9H,10H2,(H3,14,15,16,18);1H. The smallest absolute Gasteiger partial charge is 0.257 e. The molecule has 2 aromatic rings. The van der Waals surface area contributed by atoms with Crippen LogP contribution >= 0.6 is 12.4 Å². The van der Waals surface area contributed by atoms with Crippen molar-refractivity contribution in [1.82, 2.24) is 15.2 Å². The quantitative estimate of drug-likeness (QED) is 0.592. The van der Waals surface area contributed by atoms with Gasteiger partial charge in [-0.2, -0.15) is 0 Å². The van der Waals surface area contributed by atoms with E-state index >= 15 is 0 Å². The number of carbonyl (C=O) groups is 1. The molecular formula is C13H15ClN4O. The fourth-order valence-corrected chi connectivity index (χ4v) is 1.47. The van der Waals surface area contributed by atoms with Gasteiger partial charge in [0.15, 0.2) is 5.96 Å². The zero-order valence-corrected chi connectivity index (χ0v) is 11.0. The molecule has 1 amide bonds. The number of nitrogens with one attached hydrogen (secondary N) is 3. The summed E-state index contributed by atoms with van der Waals surface area (Å²) in [6.45, 7) is 0.445. The molecule has 2 rings (SSSR count). The molecule has 0 aliphatic rings. The molecular weight excluding hydrogens is 264 g/mol. The van der Waals surface area contributed by atoms with Gasteiger partial charge < -0.3 is 9.88 Å². The van der Waals surface area contributed by atoms with E-state index in [0.717, 1.165) is 0 Å². The zero-order chi connectivity index (χ0) is 12.8. The van der Waals surface area contributed by atoms with Crippen molar-refractivity contribution in [3.8, 4) is 0 Å². The lowest BCUT2D eigenvalue weighted by Crippen LogP contribution is -2.40. The van der Waals surface area contributed by atoms with Crippen molar-refractivity contribution in [2.75, 3.05) is 0 Å². The number of rotatable bonds is 3. The van der Waals surface area contributed by atoms with Crippen molar-refractivity contribution in [2.24, 2.45) is 0 Å². The highest BCUT2D eigenvalue weighted by molar-refractivity contribution is 6.04. The predicted molar refractivity (Wildman–Crippen MR) is 76.5 cm³/mol. The van der Waals surface area contributed by atoms with Gasteiger partial charge in [0, 0.05) is 18.0 Å². The number of hydrogen-bond donors (Lipinski definition) is 3. The molecule has 5 nitrogen and oxygen atoms in total.